The summed E-state index contributed by atoms with van der Waals surface area (Å²) in [6.45, 7) is 1.36. The molecule has 1 amide bonds. The molecule has 1 aliphatic heterocycles. The largest absolute Gasteiger partial charge is 0.416 e. The normalized spacial score (nSPS) is 15.2. The lowest BCUT2D eigenvalue weighted by atomic mass is 10.1. The molecule has 0 aromatic heterocycles. The predicted octanol–water partition coefficient (Wildman–Crippen LogP) is 3.69. The van der Waals surface area contributed by atoms with Crippen molar-refractivity contribution in [3.8, 4) is 0 Å². The van der Waals surface area contributed by atoms with Crippen LogP contribution in [0.1, 0.15) is 15.9 Å². The van der Waals surface area contributed by atoms with Crippen LogP contribution in [0.4, 0.5) is 24.5 Å². The lowest BCUT2D eigenvalue weighted by Crippen LogP contribution is -2.48. The van der Waals surface area contributed by atoms with Gasteiger partial charge in [0.2, 0.25) is 10.0 Å². The summed E-state index contributed by atoms with van der Waals surface area (Å²) < 4.78 is 64.0. The fourth-order valence-electron chi connectivity index (χ4n) is 3.17. The third-order valence-electron chi connectivity index (χ3n) is 4.61. The monoisotopic (exact) mass is 461 g/mol. The summed E-state index contributed by atoms with van der Waals surface area (Å²) in [6, 6.07) is 9.38. The highest BCUT2D eigenvalue weighted by Gasteiger charge is 2.31. The smallest absolute Gasteiger partial charge is 0.368 e. The summed E-state index contributed by atoms with van der Waals surface area (Å²) >= 11 is 5.99. The van der Waals surface area contributed by atoms with Crippen LogP contribution in [0.2, 0.25) is 5.02 Å². The molecule has 1 N–H and O–H groups in total. The molecule has 0 saturated carbocycles. The molecule has 0 spiro atoms. The van der Waals surface area contributed by atoms with E-state index in [2.05, 4.69) is 4.72 Å². The van der Waals surface area contributed by atoms with Crippen LogP contribution in [0.3, 0.4) is 0 Å². The van der Waals surface area contributed by atoms with E-state index in [4.69, 9.17) is 11.6 Å². The SMILES string of the molecule is CS(=O)(=O)Nc1cc(C(=O)N2CCN(c3cccc(C(F)(F)F)c3)CC2)ccc1Cl. The van der Waals surface area contributed by atoms with Crippen molar-refractivity contribution in [3.05, 3.63) is 58.6 Å². The van der Waals surface area contributed by atoms with Crippen molar-refractivity contribution in [2.24, 2.45) is 0 Å². The number of carbonyl (C=O) groups excluding carboxylic acids is 1. The van der Waals surface area contributed by atoms with Crippen molar-refractivity contribution in [3.63, 3.8) is 0 Å². The maximum atomic E-state index is 12.9. The molecule has 6 nitrogen and oxygen atoms in total. The Balaban J connectivity index is 1.70. The number of amides is 1. The predicted molar refractivity (Wildman–Crippen MR) is 109 cm³/mol. The number of piperazine rings is 1. The third kappa shape index (κ3) is 5.37. The highest BCUT2D eigenvalue weighted by atomic mass is 35.5. The number of hydrogen-bond acceptors (Lipinski definition) is 4. The number of nitrogens with zero attached hydrogens (tertiary/aromatic N) is 2. The minimum atomic E-state index is -4.42. The minimum Gasteiger partial charge on any atom is -0.368 e. The van der Waals surface area contributed by atoms with Crippen LogP contribution in [-0.2, 0) is 16.2 Å². The van der Waals surface area contributed by atoms with Gasteiger partial charge in [-0.2, -0.15) is 13.2 Å². The molecule has 2 aromatic carbocycles. The molecule has 11 heteroatoms. The lowest BCUT2D eigenvalue weighted by molar-refractivity contribution is -0.137. The standard InChI is InChI=1S/C19H19ClF3N3O3S/c1-30(28,29)24-17-11-13(5-6-16(17)20)18(27)26-9-7-25(8-10-26)15-4-2-3-14(12-15)19(21,22)23/h2-6,11-12,24H,7-10H2,1H3. The van der Waals surface area contributed by atoms with Crippen LogP contribution in [-0.4, -0.2) is 51.7 Å². The average molecular weight is 462 g/mol. The second-order valence-electron chi connectivity index (χ2n) is 6.90. The lowest BCUT2D eigenvalue weighted by Gasteiger charge is -2.36. The maximum absolute atomic E-state index is 12.9. The number of benzene rings is 2. The van der Waals surface area contributed by atoms with Crippen molar-refractivity contribution in [1.82, 2.24) is 4.90 Å². The Morgan fingerprint density at radius 3 is 2.33 bits per heavy atom. The number of carbonyl (C=O) groups is 1. The van der Waals surface area contributed by atoms with Crippen molar-refractivity contribution in [2.45, 2.75) is 6.18 Å². The molecule has 0 aliphatic carbocycles. The number of alkyl halides is 3. The zero-order valence-electron chi connectivity index (χ0n) is 15.9. The summed E-state index contributed by atoms with van der Waals surface area (Å²) in [7, 11) is -3.57. The molecule has 1 aliphatic rings. The molecule has 1 fully saturated rings. The molecular formula is C19H19ClF3N3O3S. The first-order chi connectivity index (χ1) is 13.9. The van der Waals surface area contributed by atoms with Crippen LogP contribution in [0.25, 0.3) is 0 Å². The number of hydrogen-bond donors (Lipinski definition) is 1. The number of sulfonamides is 1. The Hall–Kier alpha value is -2.46. The van der Waals surface area contributed by atoms with Gasteiger partial charge in [0.1, 0.15) is 0 Å². The van der Waals surface area contributed by atoms with Crippen molar-refractivity contribution >= 4 is 38.9 Å². The van der Waals surface area contributed by atoms with Crippen LogP contribution >= 0.6 is 11.6 Å². The van der Waals surface area contributed by atoms with Crippen molar-refractivity contribution in [2.75, 3.05) is 42.1 Å². The van der Waals surface area contributed by atoms with Crippen LogP contribution < -0.4 is 9.62 Å². The van der Waals surface area contributed by atoms with Crippen molar-refractivity contribution in [1.29, 1.82) is 0 Å². The first-order valence-electron chi connectivity index (χ1n) is 8.93. The molecule has 1 saturated heterocycles. The zero-order valence-corrected chi connectivity index (χ0v) is 17.5. The second-order valence-corrected chi connectivity index (χ2v) is 9.05. The Labute approximate surface area is 177 Å². The topological polar surface area (TPSA) is 69.7 Å². The fraction of sp³-hybridized carbons (Fsp3) is 0.316. The highest BCUT2D eigenvalue weighted by molar-refractivity contribution is 7.92. The molecular weight excluding hydrogens is 443 g/mol. The van der Waals surface area contributed by atoms with Crippen LogP contribution in [0.15, 0.2) is 42.5 Å². The average Bonchev–Trinajstić information content (AvgIpc) is 2.68. The van der Waals surface area contributed by atoms with E-state index in [0.717, 1.165) is 18.4 Å². The summed E-state index contributed by atoms with van der Waals surface area (Å²) in [5.41, 5.74) is 0.0966. The number of halogens is 4. The van der Waals surface area contributed by atoms with Gasteiger partial charge in [0.15, 0.2) is 0 Å². The van der Waals surface area contributed by atoms with E-state index in [1.165, 1.54) is 24.3 Å². The van der Waals surface area contributed by atoms with Gasteiger partial charge in [0.25, 0.3) is 5.91 Å². The van der Waals surface area contributed by atoms with Gasteiger partial charge in [-0.15, -0.1) is 0 Å². The molecule has 0 atom stereocenters. The fourth-order valence-corrected chi connectivity index (χ4v) is 3.95. The quantitative estimate of drug-likeness (QED) is 0.754. The van der Waals surface area contributed by atoms with Gasteiger partial charge in [-0.3, -0.25) is 9.52 Å². The summed E-state index contributed by atoms with van der Waals surface area (Å²) in [5, 5.41) is 0.159. The molecule has 0 radical (unpaired) electrons. The molecule has 30 heavy (non-hydrogen) atoms. The molecule has 0 unspecified atom stereocenters. The van der Waals surface area contributed by atoms with Gasteiger partial charge in [0, 0.05) is 37.4 Å². The van der Waals surface area contributed by atoms with E-state index in [1.54, 1.807) is 15.9 Å². The number of anilines is 2. The van der Waals surface area contributed by atoms with E-state index in [-0.39, 0.29) is 22.2 Å². The number of rotatable bonds is 4. The molecule has 2 aromatic rings. The van der Waals surface area contributed by atoms with Gasteiger partial charge in [-0.25, -0.2) is 8.42 Å². The molecule has 162 valence electrons. The minimum absolute atomic E-state index is 0.104. The zero-order chi connectivity index (χ0) is 22.1. The third-order valence-corrected chi connectivity index (χ3v) is 5.53. The van der Waals surface area contributed by atoms with Gasteiger partial charge in [0.05, 0.1) is 22.5 Å². The van der Waals surface area contributed by atoms with E-state index in [0.29, 0.717) is 31.9 Å². The number of nitrogens with one attached hydrogen (secondary N) is 1. The summed E-state index contributed by atoms with van der Waals surface area (Å²) in [6.07, 6.45) is -3.44. The van der Waals surface area contributed by atoms with Crippen LogP contribution in [0.5, 0.6) is 0 Å². The maximum Gasteiger partial charge on any atom is 0.416 e. The van der Waals surface area contributed by atoms with E-state index < -0.39 is 21.8 Å². The second kappa shape index (κ2) is 8.35. The Morgan fingerprint density at radius 2 is 1.73 bits per heavy atom. The van der Waals surface area contributed by atoms with Gasteiger partial charge in [-0.05, 0) is 36.4 Å². The van der Waals surface area contributed by atoms with E-state index in [1.807, 2.05) is 0 Å². The van der Waals surface area contributed by atoms with Crippen molar-refractivity contribution < 1.29 is 26.4 Å². The highest BCUT2D eigenvalue weighted by Crippen LogP contribution is 2.32. The van der Waals surface area contributed by atoms with Gasteiger partial charge in [-0.1, -0.05) is 17.7 Å². The van der Waals surface area contributed by atoms with Crippen LogP contribution in [0, 0.1) is 0 Å². The molecule has 0 bridgehead atoms. The van der Waals surface area contributed by atoms with E-state index in [9.17, 15) is 26.4 Å². The van der Waals surface area contributed by atoms with E-state index >= 15 is 0 Å². The Bertz CT molecular complexity index is 1050. The van der Waals surface area contributed by atoms with Gasteiger partial charge < -0.3 is 9.80 Å². The Kier molecular flexibility index (Phi) is 6.19. The first kappa shape index (κ1) is 22.2. The summed E-state index contributed by atoms with van der Waals surface area (Å²) in [5.74, 6) is -0.313. The molecule has 3 rings (SSSR count). The first-order valence-corrected chi connectivity index (χ1v) is 11.2. The summed E-state index contributed by atoms with van der Waals surface area (Å²) in [4.78, 5) is 16.2. The molecule has 1 heterocycles. The Morgan fingerprint density at radius 1 is 1.07 bits per heavy atom. The van der Waals surface area contributed by atoms with Gasteiger partial charge >= 0.3 is 6.18 Å².